The number of amides is 2. The fourth-order valence-corrected chi connectivity index (χ4v) is 3.13. The van der Waals surface area contributed by atoms with E-state index in [1.165, 1.54) is 5.56 Å². The summed E-state index contributed by atoms with van der Waals surface area (Å²) in [6, 6.07) is 15.9. The van der Waals surface area contributed by atoms with E-state index in [-0.39, 0.29) is 6.03 Å². The summed E-state index contributed by atoms with van der Waals surface area (Å²) in [5.41, 5.74) is 3.26. The van der Waals surface area contributed by atoms with Crippen LogP contribution in [0.3, 0.4) is 0 Å². The predicted octanol–water partition coefficient (Wildman–Crippen LogP) is 3.60. The third-order valence-electron chi connectivity index (χ3n) is 3.27. The molecule has 0 fully saturated rings. The summed E-state index contributed by atoms with van der Waals surface area (Å²) in [5, 5.41) is 6.61. The Bertz CT molecular complexity index is 764. The van der Waals surface area contributed by atoms with Gasteiger partial charge in [-0.2, -0.15) is 0 Å². The number of hydrogen-bond donors (Lipinski definition) is 2. The largest absolute Gasteiger partial charge is 0.334 e. The Kier molecular flexibility index (Phi) is 4.34. The smallest absolute Gasteiger partial charge is 0.315 e. The lowest BCUT2D eigenvalue weighted by Crippen LogP contribution is -2.34. The highest BCUT2D eigenvalue weighted by Crippen LogP contribution is 2.21. The number of nitrogens with zero attached hydrogens (tertiary/aromatic N) is 1. The summed E-state index contributed by atoms with van der Waals surface area (Å²) < 4.78 is 1.14. The molecule has 1 aromatic heterocycles. The standard InChI is InChI=1S/C17H17N3OS/c1-12-5-4-6-13(9-12)10-18-17(21)19-11-16-20-14-7-2-3-8-15(14)22-16/h2-9H,10-11H2,1H3,(H2,18,19,21). The van der Waals surface area contributed by atoms with Crippen molar-refractivity contribution in [3.8, 4) is 0 Å². The summed E-state index contributed by atoms with van der Waals surface area (Å²) in [6.07, 6.45) is 0. The molecule has 0 aliphatic heterocycles. The molecule has 22 heavy (non-hydrogen) atoms. The van der Waals surface area contributed by atoms with Gasteiger partial charge >= 0.3 is 6.03 Å². The number of thiazole rings is 1. The van der Waals surface area contributed by atoms with Crippen molar-refractivity contribution in [2.24, 2.45) is 0 Å². The zero-order chi connectivity index (χ0) is 15.4. The van der Waals surface area contributed by atoms with E-state index in [0.717, 1.165) is 20.8 Å². The predicted molar refractivity (Wildman–Crippen MR) is 89.9 cm³/mol. The van der Waals surface area contributed by atoms with E-state index in [4.69, 9.17) is 0 Å². The molecule has 2 aromatic carbocycles. The molecule has 4 nitrogen and oxygen atoms in total. The number of benzene rings is 2. The lowest BCUT2D eigenvalue weighted by atomic mass is 10.1. The molecule has 0 saturated heterocycles. The van der Waals surface area contributed by atoms with Gasteiger partial charge in [0.2, 0.25) is 0 Å². The van der Waals surface area contributed by atoms with Crippen LogP contribution in [0.2, 0.25) is 0 Å². The molecule has 0 bridgehead atoms. The van der Waals surface area contributed by atoms with Crippen LogP contribution in [-0.2, 0) is 13.1 Å². The van der Waals surface area contributed by atoms with Gasteiger partial charge in [0.05, 0.1) is 16.8 Å². The summed E-state index contributed by atoms with van der Waals surface area (Å²) in [5.74, 6) is 0. The Morgan fingerprint density at radius 2 is 1.91 bits per heavy atom. The van der Waals surface area contributed by atoms with Gasteiger partial charge in [-0.3, -0.25) is 0 Å². The Morgan fingerprint density at radius 1 is 1.09 bits per heavy atom. The molecule has 2 N–H and O–H groups in total. The number of rotatable bonds is 4. The molecule has 0 aliphatic carbocycles. The normalized spacial score (nSPS) is 10.6. The molecular weight excluding hydrogens is 294 g/mol. The lowest BCUT2D eigenvalue weighted by molar-refractivity contribution is 0.240. The minimum Gasteiger partial charge on any atom is -0.334 e. The maximum Gasteiger partial charge on any atom is 0.315 e. The first-order valence-electron chi connectivity index (χ1n) is 7.12. The van der Waals surface area contributed by atoms with E-state index in [2.05, 4.69) is 21.7 Å². The van der Waals surface area contributed by atoms with Crippen molar-refractivity contribution < 1.29 is 4.79 Å². The molecule has 3 aromatic rings. The molecule has 0 saturated carbocycles. The SMILES string of the molecule is Cc1cccc(CNC(=O)NCc2nc3ccccc3s2)c1. The highest BCUT2D eigenvalue weighted by atomic mass is 32.1. The zero-order valence-electron chi connectivity index (χ0n) is 12.3. The highest BCUT2D eigenvalue weighted by molar-refractivity contribution is 7.18. The van der Waals surface area contributed by atoms with E-state index in [9.17, 15) is 4.79 Å². The Hall–Kier alpha value is -2.40. The van der Waals surface area contributed by atoms with Crippen molar-refractivity contribution in [3.05, 3.63) is 64.7 Å². The minimum atomic E-state index is -0.180. The second kappa shape index (κ2) is 6.58. The van der Waals surface area contributed by atoms with Crippen LogP contribution in [-0.4, -0.2) is 11.0 Å². The number of carbonyl (C=O) groups is 1. The van der Waals surface area contributed by atoms with Gasteiger partial charge in [0.1, 0.15) is 5.01 Å². The molecule has 2 amide bonds. The fraction of sp³-hybridized carbons (Fsp3) is 0.176. The second-order valence-electron chi connectivity index (χ2n) is 5.10. The van der Waals surface area contributed by atoms with Crippen LogP contribution in [0.1, 0.15) is 16.1 Å². The number of urea groups is 1. The van der Waals surface area contributed by atoms with Crippen molar-refractivity contribution in [2.45, 2.75) is 20.0 Å². The maximum atomic E-state index is 11.8. The van der Waals surface area contributed by atoms with Crippen molar-refractivity contribution in [1.29, 1.82) is 0 Å². The number of fused-ring (bicyclic) bond motifs is 1. The van der Waals surface area contributed by atoms with Gasteiger partial charge in [-0.25, -0.2) is 9.78 Å². The minimum absolute atomic E-state index is 0.180. The third kappa shape index (κ3) is 3.62. The topological polar surface area (TPSA) is 54.0 Å². The summed E-state index contributed by atoms with van der Waals surface area (Å²) in [7, 11) is 0. The molecule has 112 valence electrons. The van der Waals surface area contributed by atoms with Crippen molar-refractivity contribution >= 4 is 27.6 Å². The molecule has 0 atom stereocenters. The first-order chi connectivity index (χ1) is 10.7. The number of para-hydroxylation sites is 1. The van der Waals surface area contributed by atoms with Gasteiger partial charge in [0, 0.05) is 6.54 Å². The van der Waals surface area contributed by atoms with Crippen LogP contribution >= 0.6 is 11.3 Å². The average molecular weight is 311 g/mol. The Morgan fingerprint density at radius 3 is 2.73 bits per heavy atom. The Balaban J connectivity index is 1.51. The highest BCUT2D eigenvalue weighted by Gasteiger charge is 2.05. The van der Waals surface area contributed by atoms with Crippen LogP contribution in [0, 0.1) is 6.92 Å². The lowest BCUT2D eigenvalue weighted by Gasteiger charge is -2.07. The van der Waals surface area contributed by atoms with Crippen LogP contribution in [0.5, 0.6) is 0 Å². The first-order valence-corrected chi connectivity index (χ1v) is 7.94. The summed E-state index contributed by atoms with van der Waals surface area (Å²) >= 11 is 1.60. The molecule has 0 spiro atoms. The van der Waals surface area contributed by atoms with Gasteiger partial charge in [-0.1, -0.05) is 42.0 Å². The van der Waals surface area contributed by atoms with Crippen LogP contribution in [0.25, 0.3) is 10.2 Å². The zero-order valence-corrected chi connectivity index (χ0v) is 13.1. The number of aromatic nitrogens is 1. The molecule has 0 unspecified atom stereocenters. The van der Waals surface area contributed by atoms with E-state index >= 15 is 0 Å². The molecule has 1 heterocycles. The summed E-state index contributed by atoms with van der Waals surface area (Å²) in [4.78, 5) is 16.3. The summed E-state index contributed by atoms with van der Waals surface area (Å²) in [6.45, 7) is 3.00. The molecule has 0 aliphatic rings. The van der Waals surface area contributed by atoms with Crippen molar-refractivity contribution in [1.82, 2.24) is 15.6 Å². The van der Waals surface area contributed by atoms with Crippen LogP contribution in [0.4, 0.5) is 4.79 Å². The monoisotopic (exact) mass is 311 g/mol. The molecular formula is C17H17N3OS. The number of nitrogens with one attached hydrogen (secondary N) is 2. The fourth-order valence-electron chi connectivity index (χ4n) is 2.22. The van der Waals surface area contributed by atoms with E-state index in [1.54, 1.807) is 11.3 Å². The molecule has 0 radical (unpaired) electrons. The molecule has 5 heteroatoms. The number of carbonyl (C=O) groups excluding carboxylic acids is 1. The second-order valence-corrected chi connectivity index (χ2v) is 6.22. The van der Waals surface area contributed by atoms with E-state index in [1.807, 2.05) is 49.4 Å². The van der Waals surface area contributed by atoms with Crippen molar-refractivity contribution in [2.75, 3.05) is 0 Å². The average Bonchev–Trinajstić information content (AvgIpc) is 2.94. The van der Waals surface area contributed by atoms with Gasteiger partial charge in [0.25, 0.3) is 0 Å². The molecule has 3 rings (SSSR count). The van der Waals surface area contributed by atoms with Crippen LogP contribution in [0.15, 0.2) is 48.5 Å². The van der Waals surface area contributed by atoms with Crippen LogP contribution < -0.4 is 10.6 Å². The number of hydrogen-bond acceptors (Lipinski definition) is 3. The third-order valence-corrected chi connectivity index (χ3v) is 4.31. The number of aryl methyl sites for hydroxylation is 1. The van der Waals surface area contributed by atoms with Gasteiger partial charge in [-0.05, 0) is 24.6 Å². The Labute approximate surface area is 133 Å². The maximum absolute atomic E-state index is 11.8. The van der Waals surface area contributed by atoms with Gasteiger partial charge < -0.3 is 10.6 Å². The first kappa shape index (κ1) is 14.5. The van der Waals surface area contributed by atoms with E-state index in [0.29, 0.717) is 13.1 Å². The quantitative estimate of drug-likeness (QED) is 0.773. The van der Waals surface area contributed by atoms with Gasteiger partial charge in [0.15, 0.2) is 0 Å². The van der Waals surface area contributed by atoms with Gasteiger partial charge in [-0.15, -0.1) is 11.3 Å². The van der Waals surface area contributed by atoms with Crippen molar-refractivity contribution in [3.63, 3.8) is 0 Å². The van der Waals surface area contributed by atoms with E-state index < -0.39 is 0 Å².